The lowest BCUT2D eigenvalue weighted by atomic mass is 9.98. The summed E-state index contributed by atoms with van der Waals surface area (Å²) in [7, 11) is 1.48. The summed E-state index contributed by atoms with van der Waals surface area (Å²) in [5, 5.41) is 17.8. The number of methoxy groups -OCH3 is 1. The van der Waals surface area contributed by atoms with Gasteiger partial charge in [-0.15, -0.1) is 0 Å². The van der Waals surface area contributed by atoms with E-state index in [0.29, 0.717) is 23.0 Å². The van der Waals surface area contributed by atoms with Gasteiger partial charge in [0.05, 0.1) is 23.8 Å². The van der Waals surface area contributed by atoms with Crippen molar-refractivity contribution in [2.24, 2.45) is 5.92 Å². The van der Waals surface area contributed by atoms with Crippen molar-refractivity contribution in [3.05, 3.63) is 33.9 Å². The van der Waals surface area contributed by atoms with Crippen molar-refractivity contribution in [3.8, 4) is 17.0 Å². The Labute approximate surface area is 122 Å². The van der Waals surface area contributed by atoms with Crippen molar-refractivity contribution >= 4 is 11.5 Å². The van der Waals surface area contributed by atoms with E-state index in [-0.39, 0.29) is 5.69 Å². The average molecular weight is 290 g/mol. The van der Waals surface area contributed by atoms with E-state index >= 15 is 0 Å². The molecule has 21 heavy (non-hydrogen) atoms. The van der Waals surface area contributed by atoms with Crippen LogP contribution in [-0.4, -0.2) is 22.2 Å². The highest BCUT2D eigenvalue weighted by molar-refractivity contribution is 5.74. The van der Waals surface area contributed by atoms with Gasteiger partial charge in [-0.25, -0.2) is 0 Å². The standard InChI is InChI=1S/C14H18N4O3/c1-8(2)6-11-13(16-17-14(11)15)10-5-4-9(18(19)20)7-12(10)21-3/h4-5,7-8H,6H2,1-3H3,(H3,15,16,17). The molecule has 1 aromatic carbocycles. The number of hydrogen-bond acceptors (Lipinski definition) is 5. The van der Waals surface area contributed by atoms with Crippen LogP contribution in [0.4, 0.5) is 11.5 Å². The average Bonchev–Trinajstić information content (AvgIpc) is 2.78. The molecule has 0 aliphatic rings. The molecule has 0 spiro atoms. The van der Waals surface area contributed by atoms with Crippen molar-refractivity contribution in [2.75, 3.05) is 12.8 Å². The Morgan fingerprint density at radius 3 is 2.76 bits per heavy atom. The van der Waals surface area contributed by atoms with Crippen LogP contribution in [0.15, 0.2) is 18.2 Å². The minimum atomic E-state index is -0.456. The highest BCUT2D eigenvalue weighted by Gasteiger charge is 2.19. The molecule has 3 N–H and O–H groups in total. The van der Waals surface area contributed by atoms with Gasteiger partial charge < -0.3 is 10.5 Å². The molecular weight excluding hydrogens is 272 g/mol. The molecule has 112 valence electrons. The fourth-order valence-corrected chi connectivity index (χ4v) is 2.22. The van der Waals surface area contributed by atoms with Gasteiger partial charge in [0.25, 0.3) is 5.69 Å². The number of nitro benzene ring substituents is 1. The molecule has 2 rings (SSSR count). The number of nitrogens with zero attached hydrogens (tertiary/aromatic N) is 2. The fourth-order valence-electron chi connectivity index (χ4n) is 2.22. The zero-order chi connectivity index (χ0) is 15.6. The van der Waals surface area contributed by atoms with Crippen LogP contribution >= 0.6 is 0 Å². The number of nitrogens with one attached hydrogen (secondary N) is 1. The third kappa shape index (κ3) is 2.96. The predicted molar refractivity (Wildman–Crippen MR) is 80.2 cm³/mol. The van der Waals surface area contributed by atoms with Crippen molar-refractivity contribution in [1.29, 1.82) is 0 Å². The van der Waals surface area contributed by atoms with Crippen molar-refractivity contribution in [2.45, 2.75) is 20.3 Å². The molecule has 0 bridgehead atoms. The normalized spacial score (nSPS) is 10.9. The summed E-state index contributed by atoms with van der Waals surface area (Å²) in [6, 6.07) is 4.48. The van der Waals surface area contributed by atoms with E-state index in [0.717, 1.165) is 17.7 Å². The van der Waals surface area contributed by atoms with Crippen molar-refractivity contribution in [3.63, 3.8) is 0 Å². The van der Waals surface area contributed by atoms with Crippen LogP contribution in [0.2, 0.25) is 0 Å². The Morgan fingerprint density at radius 2 is 2.19 bits per heavy atom. The molecule has 0 amide bonds. The van der Waals surface area contributed by atoms with Gasteiger partial charge in [0, 0.05) is 17.2 Å². The minimum absolute atomic E-state index is 0.0199. The van der Waals surface area contributed by atoms with Crippen molar-refractivity contribution in [1.82, 2.24) is 10.2 Å². The first-order chi connectivity index (χ1) is 9.93. The van der Waals surface area contributed by atoms with Crippen LogP contribution in [0.3, 0.4) is 0 Å². The summed E-state index contributed by atoms with van der Waals surface area (Å²) in [5.41, 5.74) is 8.24. The number of anilines is 1. The smallest absolute Gasteiger partial charge is 0.273 e. The number of rotatable bonds is 5. The topological polar surface area (TPSA) is 107 Å². The van der Waals surface area contributed by atoms with Crippen LogP contribution in [-0.2, 0) is 6.42 Å². The monoisotopic (exact) mass is 290 g/mol. The number of non-ortho nitro benzene ring substituents is 1. The van der Waals surface area contributed by atoms with E-state index in [2.05, 4.69) is 24.0 Å². The van der Waals surface area contributed by atoms with E-state index in [9.17, 15) is 10.1 Å². The van der Waals surface area contributed by atoms with Crippen LogP contribution in [0.5, 0.6) is 5.75 Å². The second-order valence-corrected chi connectivity index (χ2v) is 5.20. The maximum absolute atomic E-state index is 10.8. The van der Waals surface area contributed by atoms with E-state index < -0.39 is 4.92 Å². The fraction of sp³-hybridized carbons (Fsp3) is 0.357. The molecule has 0 unspecified atom stereocenters. The Balaban J connectivity index is 2.54. The first kappa shape index (κ1) is 14.8. The number of nitrogens with two attached hydrogens (primary N) is 1. The lowest BCUT2D eigenvalue weighted by Gasteiger charge is -2.10. The number of ether oxygens (including phenoxy) is 1. The zero-order valence-corrected chi connectivity index (χ0v) is 12.2. The molecule has 0 radical (unpaired) electrons. The second-order valence-electron chi connectivity index (χ2n) is 5.20. The summed E-state index contributed by atoms with van der Waals surface area (Å²) in [5.74, 6) is 1.27. The number of H-pyrrole nitrogens is 1. The Hall–Kier alpha value is -2.57. The van der Waals surface area contributed by atoms with Gasteiger partial charge in [-0.05, 0) is 18.4 Å². The second kappa shape index (κ2) is 5.82. The minimum Gasteiger partial charge on any atom is -0.496 e. The summed E-state index contributed by atoms with van der Waals surface area (Å²) < 4.78 is 5.27. The van der Waals surface area contributed by atoms with E-state index in [4.69, 9.17) is 10.5 Å². The first-order valence-corrected chi connectivity index (χ1v) is 6.59. The van der Waals surface area contributed by atoms with E-state index in [1.165, 1.54) is 19.2 Å². The van der Waals surface area contributed by atoms with Gasteiger partial charge in [0.1, 0.15) is 11.6 Å². The molecule has 0 atom stereocenters. The van der Waals surface area contributed by atoms with E-state index in [1.807, 2.05) is 0 Å². The van der Waals surface area contributed by atoms with Crippen LogP contribution in [0.25, 0.3) is 11.3 Å². The zero-order valence-electron chi connectivity index (χ0n) is 12.2. The van der Waals surface area contributed by atoms with Gasteiger partial charge in [-0.3, -0.25) is 15.2 Å². The van der Waals surface area contributed by atoms with E-state index in [1.54, 1.807) is 6.07 Å². The van der Waals surface area contributed by atoms with Gasteiger partial charge in [0.15, 0.2) is 0 Å². The Kier molecular flexibility index (Phi) is 4.11. The SMILES string of the molecule is COc1cc([N+](=O)[O-])ccc1-c1[nH]nc(N)c1CC(C)C. The summed E-state index contributed by atoms with van der Waals surface area (Å²) in [4.78, 5) is 10.4. The molecular formula is C14H18N4O3. The number of nitro groups is 1. The molecule has 7 nitrogen and oxygen atoms in total. The number of nitrogen functional groups attached to an aromatic ring is 1. The summed E-state index contributed by atoms with van der Waals surface area (Å²) in [6.07, 6.45) is 0.762. The molecule has 0 aliphatic carbocycles. The predicted octanol–water partition coefficient (Wildman–Crippen LogP) is 2.77. The number of aromatic amines is 1. The Morgan fingerprint density at radius 1 is 1.48 bits per heavy atom. The molecule has 7 heteroatoms. The van der Waals surface area contributed by atoms with Gasteiger partial charge >= 0.3 is 0 Å². The number of benzene rings is 1. The number of hydrogen-bond donors (Lipinski definition) is 2. The van der Waals surface area contributed by atoms with Crippen LogP contribution in [0, 0.1) is 16.0 Å². The molecule has 1 heterocycles. The lowest BCUT2D eigenvalue weighted by molar-refractivity contribution is -0.384. The molecule has 0 saturated heterocycles. The number of aromatic nitrogens is 2. The summed E-state index contributed by atoms with van der Waals surface area (Å²) >= 11 is 0. The summed E-state index contributed by atoms with van der Waals surface area (Å²) in [6.45, 7) is 4.17. The van der Waals surface area contributed by atoms with Crippen LogP contribution in [0.1, 0.15) is 19.4 Å². The quantitative estimate of drug-likeness (QED) is 0.650. The maximum Gasteiger partial charge on any atom is 0.273 e. The van der Waals surface area contributed by atoms with Crippen LogP contribution < -0.4 is 10.5 Å². The van der Waals surface area contributed by atoms with Gasteiger partial charge in [0.2, 0.25) is 0 Å². The molecule has 0 saturated carbocycles. The highest BCUT2D eigenvalue weighted by Crippen LogP contribution is 2.36. The molecule has 0 aliphatic heterocycles. The third-order valence-corrected chi connectivity index (χ3v) is 3.18. The largest absolute Gasteiger partial charge is 0.496 e. The first-order valence-electron chi connectivity index (χ1n) is 6.59. The highest BCUT2D eigenvalue weighted by atomic mass is 16.6. The third-order valence-electron chi connectivity index (χ3n) is 3.18. The van der Waals surface area contributed by atoms with Crippen molar-refractivity contribution < 1.29 is 9.66 Å². The molecule has 2 aromatic rings. The van der Waals surface area contributed by atoms with Gasteiger partial charge in [-0.1, -0.05) is 13.8 Å². The van der Waals surface area contributed by atoms with Gasteiger partial charge in [-0.2, -0.15) is 5.10 Å². The maximum atomic E-state index is 10.8. The molecule has 0 fully saturated rings. The Bertz CT molecular complexity index is 664. The molecule has 1 aromatic heterocycles. The lowest BCUT2D eigenvalue weighted by Crippen LogP contribution is -2.00.